The summed E-state index contributed by atoms with van der Waals surface area (Å²) in [5.41, 5.74) is 1.77. The molecule has 34 heavy (non-hydrogen) atoms. The maximum absolute atomic E-state index is 12.6. The molecule has 0 saturated heterocycles. The third-order valence-electron chi connectivity index (χ3n) is 4.82. The zero-order valence-corrected chi connectivity index (χ0v) is 19.5. The SMILES string of the molecule is CCC(OC(=O)CSc1nnc(-c2ccccc2)n1-c1ccccc1)C(=O)Nc1cc(C)on1. The van der Waals surface area contributed by atoms with Gasteiger partial charge in [0.15, 0.2) is 22.9 Å². The van der Waals surface area contributed by atoms with E-state index < -0.39 is 18.0 Å². The van der Waals surface area contributed by atoms with E-state index in [1.807, 2.05) is 65.2 Å². The van der Waals surface area contributed by atoms with Crippen LogP contribution in [0.25, 0.3) is 17.1 Å². The highest BCUT2D eigenvalue weighted by atomic mass is 32.2. The molecule has 9 nitrogen and oxygen atoms in total. The highest BCUT2D eigenvalue weighted by molar-refractivity contribution is 7.99. The number of rotatable bonds is 9. The molecular weight excluding hydrogens is 454 g/mol. The summed E-state index contributed by atoms with van der Waals surface area (Å²) >= 11 is 1.19. The quantitative estimate of drug-likeness (QED) is 0.281. The number of hydrogen-bond acceptors (Lipinski definition) is 8. The minimum absolute atomic E-state index is 0.0351. The number of benzene rings is 2. The number of aromatic nitrogens is 4. The number of esters is 1. The fraction of sp³-hybridized carbons (Fsp3) is 0.208. The van der Waals surface area contributed by atoms with Gasteiger partial charge in [0.25, 0.3) is 5.91 Å². The Morgan fingerprint density at radius 1 is 1.09 bits per heavy atom. The smallest absolute Gasteiger partial charge is 0.317 e. The summed E-state index contributed by atoms with van der Waals surface area (Å²) in [6.45, 7) is 3.48. The first-order valence-corrected chi connectivity index (χ1v) is 11.7. The third-order valence-corrected chi connectivity index (χ3v) is 5.72. The van der Waals surface area contributed by atoms with Crippen LogP contribution in [0.2, 0.25) is 0 Å². The molecule has 1 unspecified atom stereocenters. The number of carbonyl (C=O) groups is 2. The van der Waals surface area contributed by atoms with Crippen molar-refractivity contribution in [2.75, 3.05) is 11.1 Å². The van der Waals surface area contributed by atoms with Crippen LogP contribution >= 0.6 is 11.8 Å². The van der Waals surface area contributed by atoms with Crippen LogP contribution < -0.4 is 5.32 Å². The lowest BCUT2D eigenvalue weighted by atomic mass is 10.2. The lowest BCUT2D eigenvalue weighted by Gasteiger charge is -2.15. The second-order valence-corrected chi connectivity index (χ2v) is 8.27. The number of amides is 1. The summed E-state index contributed by atoms with van der Waals surface area (Å²) in [4.78, 5) is 25.0. The molecule has 2 aromatic carbocycles. The molecule has 0 aliphatic heterocycles. The van der Waals surface area contributed by atoms with Crippen molar-refractivity contribution in [2.24, 2.45) is 0 Å². The number of nitrogens with one attached hydrogen (secondary N) is 1. The molecule has 4 aromatic rings. The summed E-state index contributed by atoms with van der Waals surface area (Å²) in [5, 5.41) is 15.5. The number of anilines is 1. The van der Waals surface area contributed by atoms with Crippen molar-refractivity contribution in [1.29, 1.82) is 0 Å². The van der Waals surface area contributed by atoms with Crippen molar-refractivity contribution in [3.63, 3.8) is 0 Å². The van der Waals surface area contributed by atoms with E-state index in [4.69, 9.17) is 9.26 Å². The third kappa shape index (κ3) is 5.52. The predicted octanol–water partition coefficient (Wildman–Crippen LogP) is 4.28. The van der Waals surface area contributed by atoms with E-state index in [0.29, 0.717) is 23.2 Å². The van der Waals surface area contributed by atoms with E-state index in [1.165, 1.54) is 11.8 Å². The van der Waals surface area contributed by atoms with E-state index in [2.05, 4.69) is 20.7 Å². The monoisotopic (exact) mass is 477 g/mol. The van der Waals surface area contributed by atoms with Crippen LogP contribution in [-0.4, -0.2) is 43.7 Å². The van der Waals surface area contributed by atoms with Crippen molar-refractivity contribution in [3.8, 4) is 17.1 Å². The first-order chi connectivity index (χ1) is 16.5. The number of carbonyl (C=O) groups excluding carboxylic acids is 2. The lowest BCUT2D eigenvalue weighted by Crippen LogP contribution is -2.32. The minimum atomic E-state index is -0.947. The number of hydrogen-bond donors (Lipinski definition) is 1. The molecule has 2 aromatic heterocycles. The maximum atomic E-state index is 12.6. The van der Waals surface area contributed by atoms with Crippen LogP contribution in [-0.2, 0) is 14.3 Å². The Hall–Kier alpha value is -3.92. The Bertz CT molecular complexity index is 1260. The summed E-state index contributed by atoms with van der Waals surface area (Å²) in [7, 11) is 0. The molecule has 10 heteroatoms. The van der Waals surface area contributed by atoms with E-state index in [9.17, 15) is 9.59 Å². The normalized spacial score (nSPS) is 11.7. The number of nitrogens with zero attached hydrogens (tertiary/aromatic N) is 4. The maximum Gasteiger partial charge on any atom is 0.317 e. The Morgan fingerprint density at radius 3 is 2.44 bits per heavy atom. The van der Waals surface area contributed by atoms with Gasteiger partial charge in [0.1, 0.15) is 5.76 Å². The molecule has 174 valence electrons. The number of para-hydroxylation sites is 1. The van der Waals surface area contributed by atoms with Gasteiger partial charge >= 0.3 is 5.97 Å². The van der Waals surface area contributed by atoms with Gasteiger partial charge in [-0.05, 0) is 25.5 Å². The fourth-order valence-electron chi connectivity index (χ4n) is 3.22. The van der Waals surface area contributed by atoms with Crippen molar-refractivity contribution in [3.05, 3.63) is 72.5 Å². The van der Waals surface area contributed by atoms with Crippen LogP contribution in [0.4, 0.5) is 5.82 Å². The van der Waals surface area contributed by atoms with E-state index in [-0.39, 0.29) is 11.6 Å². The molecule has 0 radical (unpaired) electrons. The van der Waals surface area contributed by atoms with Crippen LogP contribution in [0, 0.1) is 6.92 Å². The van der Waals surface area contributed by atoms with E-state index in [1.54, 1.807) is 19.9 Å². The van der Waals surface area contributed by atoms with Gasteiger partial charge in [-0.15, -0.1) is 10.2 Å². The fourth-order valence-corrected chi connectivity index (χ4v) is 3.95. The molecule has 0 saturated carbocycles. The molecule has 4 rings (SSSR count). The number of aryl methyl sites for hydroxylation is 1. The molecule has 1 amide bonds. The van der Waals surface area contributed by atoms with Gasteiger partial charge in [0.2, 0.25) is 0 Å². The molecule has 1 atom stereocenters. The van der Waals surface area contributed by atoms with Gasteiger partial charge in [0, 0.05) is 17.3 Å². The van der Waals surface area contributed by atoms with Gasteiger partial charge in [-0.3, -0.25) is 14.2 Å². The average molecular weight is 478 g/mol. The Kier molecular flexibility index (Phi) is 7.38. The second-order valence-electron chi connectivity index (χ2n) is 7.33. The Morgan fingerprint density at radius 2 is 1.79 bits per heavy atom. The first-order valence-electron chi connectivity index (χ1n) is 10.7. The molecular formula is C24H23N5O4S. The van der Waals surface area contributed by atoms with Gasteiger partial charge < -0.3 is 14.6 Å². The molecule has 0 spiro atoms. The number of thioether (sulfide) groups is 1. The standard InChI is InChI=1S/C24H23N5O4S/c1-3-19(23(31)25-20-14-16(2)33-28-20)32-21(30)15-34-24-27-26-22(17-10-6-4-7-11-17)29(24)18-12-8-5-9-13-18/h4-14,19H,3,15H2,1-2H3,(H,25,28,31). The zero-order valence-electron chi connectivity index (χ0n) is 18.7. The highest BCUT2D eigenvalue weighted by Crippen LogP contribution is 2.28. The summed E-state index contributed by atoms with van der Waals surface area (Å²) in [6.07, 6.45) is -0.630. The van der Waals surface area contributed by atoms with Crippen LogP contribution in [0.5, 0.6) is 0 Å². The second kappa shape index (κ2) is 10.8. The number of ether oxygens (including phenoxy) is 1. The summed E-state index contributed by atoms with van der Waals surface area (Å²) in [6, 6.07) is 20.9. The average Bonchev–Trinajstić information content (AvgIpc) is 3.48. The van der Waals surface area contributed by atoms with E-state index >= 15 is 0 Å². The Labute approximate surface area is 200 Å². The molecule has 0 fully saturated rings. The molecule has 1 N–H and O–H groups in total. The predicted molar refractivity (Wildman–Crippen MR) is 128 cm³/mol. The van der Waals surface area contributed by atoms with E-state index in [0.717, 1.165) is 11.3 Å². The zero-order chi connectivity index (χ0) is 23.9. The Balaban J connectivity index is 1.46. The summed E-state index contributed by atoms with van der Waals surface area (Å²) < 4.78 is 12.2. The van der Waals surface area contributed by atoms with Gasteiger partial charge in [-0.1, -0.05) is 72.4 Å². The van der Waals surface area contributed by atoms with Crippen LogP contribution in [0.15, 0.2) is 76.4 Å². The van der Waals surface area contributed by atoms with Crippen LogP contribution in [0.1, 0.15) is 19.1 Å². The van der Waals surface area contributed by atoms with Crippen LogP contribution in [0.3, 0.4) is 0 Å². The van der Waals surface area contributed by atoms with Gasteiger partial charge in [-0.25, -0.2) is 0 Å². The molecule has 0 aliphatic rings. The molecule has 2 heterocycles. The summed E-state index contributed by atoms with van der Waals surface area (Å²) in [5.74, 6) is 0.466. The first kappa shape index (κ1) is 23.2. The van der Waals surface area contributed by atoms with Crippen molar-refractivity contribution in [1.82, 2.24) is 19.9 Å². The van der Waals surface area contributed by atoms with Crippen molar-refractivity contribution >= 4 is 29.5 Å². The molecule has 0 bridgehead atoms. The largest absolute Gasteiger partial charge is 0.452 e. The topological polar surface area (TPSA) is 112 Å². The molecule has 0 aliphatic carbocycles. The minimum Gasteiger partial charge on any atom is -0.452 e. The van der Waals surface area contributed by atoms with Crippen molar-refractivity contribution < 1.29 is 18.8 Å². The highest BCUT2D eigenvalue weighted by Gasteiger charge is 2.23. The van der Waals surface area contributed by atoms with Gasteiger partial charge in [0.05, 0.1) is 5.75 Å². The van der Waals surface area contributed by atoms with Gasteiger partial charge in [-0.2, -0.15) is 0 Å². The van der Waals surface area contributed by atoms with Crippen molar-refractivity contribution in [2.45, 2.75) is 31.5 Å². The lowest BCUT2D eigenvalue weighted by molar-refractivity contribution is -0.151.